The molecule has 1 aliphatic heterocycles. The number of rotatable bonds is 0. The Bertz CT molecular complexity index is 650. The lowest BCUT2D eigenvalue weighted by Gasteiger charge is -2.23. The third-order valence-electron chi connectivity index (χ3n) is 4.18. The van der Waals surface area contributed by atoms with E-state index < -0.39 is 0 Å². The van der Waals surface area contributed by atoms with Crippen molar-refractivity contribution in [3.63, 3.8) is 0 Å². The fraction of sp³-hybridized carbons (Fsp3) is 0.294. The Morgan fingerprint density at radius 3 is 2.50 bits per heavy atom. The smallest absolute Gasteiger partial charge is 0.0527 e. The molecule has 0 N–H and O–H groups in total. The molecule has 1 nitrogen and oxygen atoms in total. The normalized spacial score (nSPS) is 19.6. The van der Waals surface area contributed by atoms with E-state index in [2.05, 4.69) is 75.2 Å². The van der Waals surface area contributed by atoms with Gasteiger partial charge in [0.1, 0.15) is 0 Å². The zero-order valence-corrected chi connectivity index (χ0v) is 11.5. The maximum atomic E-state index is 2.34. The Kier molecular flexibility index (Phi) is 2.28. The van der Waals surface area contributed by atoms with Crippen LogP contribution >= 0.6 is 0 Å². The number of likely N-dealkylation sites (N-methyl/N-ethyl adjacent to an activating group) is 1. The quantitative estimate of drug-likeness (QED) is 0.653. The van der Waals surface area contributed by atoms with E-state index >= 15 is 0 Å². The van der Waals surface area contributed by atoms with Crippen molar-refractivity contribution in [1.29, 1.82) is 0 Å². The van der Waals surface area contributed by atoms with Crippen LogP contribution in [-0.4, -0.2) is 7.05 Å². The van der Waals surface area contributed by atoms with Gasteiger partial charge in [0, 0.05) is 23.5 Å². The van der Waals surface area contributed by atoms with Crippen molar-refractivity contribution in [2.24, 2.45) is 0 Å². The van der Waals surface area contributed by atoms with Gasteiger partial charge in [0.25, 0.3) is 0 Å². The van der Waals surface area contributed by atoms with Crippen LogP contribution in [0.3, 0.4) is 0 Å². The number of fused-ring (bicyclic) bond motifs is 3. The third-order valence-corrected chi connectivity index (χ3v) is 4.18. The van der Waals surface area contributed by atoms with Crippen molar-refractivity contribution in [1.82, 2.24) is 0 Å². The molecule has 0 saturated heterocycles. The molecule has 0 amide bonds. The zero-order chi connectivity index (χ0) is 12.9. The number of hydrogen-bond acceptors (Lipinski definition) is 1. The summed E-state index contributed by atoms with van der Waals surface area (Å²) in [6.45, 7) is 6.74. The molecule has 0 saturated carbocycles. The first-order valence-electron chi connectivity index (χ1n) is 6.50. The molecular weight excluding hydrogens is 218 g/mol. The van der Waals surface area contributed by atoms with Crippen molar-refractivity contribution in [3.8, 4) is 0 Å². The fourth-order valence-electron chi connectivity index (χ4n) is 3.35. The standard InChI is InChI=1S/C17H19N/c1-5-15-17(2,3)14-11-10-12-8-6-7-9-13(12)16(14)18(15)4/h5-11H,1-4H3/b15-5+. The molecule has 0 atom stereocenters. The highest BCUT2D eigenvalue weighted by Crippen LogP contribution is 2.49. The van der Waals surface area contributed by atoms with Crippen molar-refractivity contribution >= 4 is 16.5 Å². The molecule has 1 heteroatoms. The van der Waals surface area contributed by atoms with Crippen molar-refractivity contribution in [2.45, 2.75) is 26.2 Å². The van der Waals surface area contributed by atoms with Gasteiger partial charge in [-0.25, -0.2) is 0 Å². The predicted octanol–water partition coefficient (Wildman–Crippen LogP) is 4.47. The van der Waals surface area contributed by atoms with Gasteiger partial charge in [-0.2, -0.15) is 0 Å². The summed E-state index contributed by atoms with van der Waals surface area (Å²) in [5.41, 5.74) is 4.28. The Hall–Kier alpha value is -1.76. The number of allylic oxidation sites excluding steroid dienone is 2. The van der Waals surface area contributed by atoms with Crippen LogP contribution in [0.4, 0.5) is 5.69 Å². The molecule has 1 heterocycles. The zero-order valence-electron chi connectivity index (χ0n) is 11.5. The second-order valence-corrected chi connectivity index (χ2v) is 5.54. The van der Waals surface area contributed by atoms with E-state index in [1.54, 1.807) is 0 Å². The van der Waals surface area contributed by atoms with Gasteiger partial charge in [0.15, 0.2) is 0 Å². The first-order valence-corrected chi connectivity index (χ1v) is 6.50. The molecule has 0 aliphatic carbocycles. The molecule has 0 aromatic heterocycles. The highest BCUT2D eigenvalue weighted by molar-refractivity contribution is 5.99. The average molecular weight is 237 g/mol. The van der Waals surface area contributed by atoms with Gasteiger partial charge >= 0.3 is 0 Å². The molecule has 0 spiro atoms. The van der Waals surface area contributed by atoms with Crippen LogP contribution in [0.25, 0.3) is 10.8 Å². The number of hydrogen-bond donors (Lipinski definition) is 0. The maximum Gasteiger partial charge on any atom is 0.0527 e. The summed E-state index contributed by atoms with van der Waals surface area (Å²) < 4.78 is 0. The van der Waals surface area contributed by atoms with Crippen LogP contribution in [0.15, 0.2) is 48.2 Å². The van der Waals surface area contributed by atoms with Crippen LogP contribution in [0.1, 0.15) is 26.3 Å². The molecule has 92 valence electrons. The largest absolute Gasteiger partial charge is 0.347 e. The SMILES string of the molecule is C/C=C1/N(C)c2c(ccc3ccccc23)C1(C)C. The van der Waals surface area contributed by atoms with E-state index in [1.807, 2.05) is 0 Å². The lowest BCUT2D eigenvalue weighted by Crippen LogP contribution is -2.22. The van der Waals surface area contributed by atoms with Gasteiger partial charge in [0.2, 0.25) is 0 Å². The third kappa shape index (κ3) is 1.28. The lowest BCUT2D eigenvalue weighted by molar-refractivity contribution is 0.639. The van der Waals surface area contributed by atoms with E-state index in [0.717, 1.165) is 0 Å². The molecule has 2 aromatic rings. The van der Waals surface area contributed by atoms with Crippen LogP contribution in [0.2, 0.25) is 0 Å². The summed E-state index contributed by atoms with van der Waals surface area (Å²) in [7, 11) is 2.18. The maximum absolute atomic E-state index is 2.34. The predicted molar refractivity (Wildman–Crippen MR) is 79.1 cm³/mol. The van der Waals surface area contributed by atoms with Crippen molar-refractivity contribution < 1.29 is 0 Å². The average Bonchev–Trinajstić information content (AvgIpc) is 2.56. The number of anilines is 1. The van der Waals surface area contributed by atoms with Gasteiger partial charge in [0.05, 0.1) is 5.69 Å². The topological polar surface area (TPSA) is 3.24 Å². The summed E-state index contributed by atoms with van der Waals surface area (Å²) in [5.74, 6) is 0. The van der Waals surface area contributed by atoms with Crippen LogP contribution in [0, 0.1) is 0 Å². The first kappa shape index (κ1) is 11.3. The molecule has 2 aromatic carbocycles. The van der Waals surface area contributed by atoms with Crippen molar-refractivity contribution in [2.75, 3.05) is 11.9 Å². The van der Waals surface area contributed by atoms with E-state index in [9.17, 15) is 0 Å². The van der Waals surface area contributed by atoms with Crippen LogP contribution in [0.5, 0.6) is 0 Å². The van der Waals surface area contributed by atoms with E-state index in [1.165, 1.54) is 27.7 Å². The summed E-state index contributed by atoms with van der Waals surface area (Å²) in [6, 6.07) is 13.2. The van der Waals surface area contributed by atoms with Crippen LogP contribution in [-0.2, 0) is 5.41 Å². The van der Waals surface area contributed by atoms with E-state index in [0.29, 0.717) is 0 Å². The van der Waals surface area contributed by atoms with Gasteiger partial charge in [-0.15, -0.1) is 0 Å². The Morgan fingerprint density at radius 2 is 1.78 bits per heavy atom. The summed E-state index contributed by atoms with van der Waals surface area (Å²) >= 11 is 0. The number of nitrogens with zero attached hydrogens (tertiary/aromatic N) is 1. The Morgan fingerprint density at radius 1 is 1.06 bits per heavy atom. The van der Waals surface area contributed by atoms with Gasteiger partial charge in [-0.05, 0) is 17.9 Å². The molecule has 0 unspecified atom stereocenters. The molecular formula is C17H19N. The summed E-state index contributed by atoms with van der Waals surface area (Å²) in [6.07, 6.45) is 2.23. The Balaban J connectivity index is 2.42. The van der Waals surface area contributed by atoms with Crippen LogP contribution < -0.4 is 4.90 Å². The summed E-state index contributed by atoms with van der Waals surface area (Å²) in [4.78, 5) is 2.34. The molecule has 1 aliphatic rings. The number of benzene rings is 2. The molecule has 18 heavy (non-hydrogen) atoms. The second-order valence-electron chi connectivity index (χ2n) is 5.54. The molecule has 0 radical (unpaired) electrons. The lowest BCUT2D eigenvalue weighted by atomic mass is 9.83. The second kappa shape index (κ2) is 3.61. The van der Waals surface area contributed by atoms with Gasteiger partial charge in [-0.1, -0.05) is 56.3 Å². The fourth-order valence-corrected chi connectivity index (χ4v) is 3.35. The molecule has 3 rings (SSSR count). The minimum Gasteiger partial charge on any atom is -0.347 e. The van der Waals surface area contributed by atoms with Gasteiger partial charge in [-0.3, -0.25) is 0 Å². The highest BCUT2D eigenvalue weighted by Gasteiger charge is 2.38. The van der Waals surface area contributed by atoms with Crippen molar-refractivity contribution in [3.05, 3.63) is 53.7 Å². The highest BCUT2D eigenvalue weighted by atomic mass is 15.2. The monoisotopic (exact) mass is 237 g/mol. The minimum atomic E-state index is 0.100. The first-order chi connectivity index (χ1) is 8.57. The molecule has 0 bridgehead atoms. The summed E-state index contributed by atoms with van der Waals surface area (Å²) in [5, 5.41) is 2.67. The molecule has 0 fully saturated rings. The minimum absolute atomic E-state index is 0.100. The van der Waals surface area contributed by atoms with E-state index in [-0.39, 0.29) is 5.41 Å². The Labute approximate surface area is 109 Å². The van der Waals surface area contributed by atoms with E-state index in [4.69, 9.17) is 0 Å². The van der Waals surface area contributed by atoms with Gasteiger partial charge < -0.3 is 4.90 Å².